The summed E-state index contributed by atoms with van der Waals surface area (Å²) in [6, 6.07) is 8.85. The molecule has 1 fully saturated rings. The Kier molecular flexibility index (Phi) is 5.14. The molecule has 1 N–H and O–H groups in total. The van der Waals surface area contributed by atoms with Crippen LogP contribution in [0.5, 0.6) is 0 Å². The van der Waals surface area contributed by atoms with Crippen LogP contribution in [-0.4, -0.2) is 26.1 Å². The van der Waals surface area contributed by atoms with Gasteiger partial charge in [-0.05, 0) is 50.1 Å². The standard InChI is InChI=1S/C21H24FN5/c1-2-23-21-24-13-12-18(26-21)20-19(15-8-10-16(22)11-9-15)25-14-27(20)17-6-4-3-5-7-17/h8-14,17H,2-7H2,1H3,(H,23,24,26). The normalized spacial score (nSPS) is 15.0. The van der Waals surface area contributed by atoms with Gasteiger partial charge in [0.2, 0.25) is 5.95 Å². The number of benzene rings is 1. The number of nitrogens with one attached hydrogen (secondary N) is 1. The number of imidazole rings is 1. The Balaban J connectivity index is 1.83. The number of hydrogen-bond acceptors (Lipinski definition) is 4. The molecule has 27 heavy (non-hydrogen) atoms. The first-order valence-electron chi connectivity index (χ1n) is 9.66. The van der Waals surface area contributed by atoms with Gasteiger partial charge < -0.3 is 9.88 Å². The summed E-state index contributed by atoms with van der Waals surface area (Å²) in [5.41, 5.74) is 3.55. The molecule has 0 spiro atoms. The van der Waals surface area contributed by atoms with Gasteiger partial charge in [0.1, 0.15) is 5.82 Å². The molecule has 0 saturated heterocycles. The summed E-state index contributed by atoms with van der Waals surface area (Å²) in [7, 11) is 0. The zero-order valence-corrected chi connectivity index (χ0v) is 15.5. The molecule has 4 rings (SSSR count). The van der Waals surface area contributed by atoms with E-state index in [9.17, 15) is 4.39 Å². The third-order valence-electron chi connectivity index (χ3n) is 5.11. The second kappa shape index (κ2) is 7.86. The molecular formula is C21H24FN5. The van der Waals surface area contributed by atoms with Crippen molar-refractivity contribution >= 4 is 5.95 Å². The van der Waals surface area contributed by atoms with E-state index in [-0.39, 0.29) is 5.82 Å². The fourth-order valence-electron chi connectivity index (χ4n) is 3.80. The highest BCUT2D eigenvalue weighted by Crippen LogP contribution is 2.37. The maximum Gasteiger partial charge on any atom is 0.223 e. The number of anilines is 1. The molecular weight excluding hydrogens is 341 g/mol. The van der Waals surface area contributed by atoms with Crippen molar-refractivity contribution in [1.29, 1.82) is 0 Å². The van der Waals surface area contributed by atoms with Crippen LogP contribution in [0.3, 0.4) is 0 Å². The average molecular weight is 365 g/mol. The first-order chi connectivity index (χ1) is 13.3. The van der Waals surface area contributed by atoms with E-state index < -0.39 is 0 Å². The molecule has 0 bridgehead atoms. The second-order valence-corrected chi connectivity index (χ2v) is 6.94. The Morgan fingerprint density at radius 2 is 1.85 bits per heavy atom. The Morgan fingerprint density at radius 3 is 2.59 bits per heavy atom. The van der Waals surface area contributed by atoms with Crippen LogP contribution in [0.25, 0.3) is 22.6 Å². The van der Waals surface area contributed by atoms with Crippen molar-refractivity contribution in [3.63, 3.8) is 0 Å². The summed E-state index contributed by atoms with van der Waals surface area (Å²) in [5, 5.41) is 3.17. The van der Waals surface area contributed by atoms with Gasteiger partial charge >= 0.3 is 0 Å². The van der Waals surface area contributed by atoms with Crippen molar-refractivity contribution in [2.24, 2.45) is 0 Å². The number of rotatable bonds is 5. The third-order valence-corrected chi connectivity index (χ3v) is 5.11. The minimum atomic E-state index is -0.247. The fraction of sp³-hybridized carbons (Fsp3) is 0.381. The zero-order chi connectivity index (χ0) is 18.6. The summed E-state index contributed by atoms with van der Waals surface area (Å²) in [5.74, 6) is 0.361. The van der Waals surface area contributed by atoms with Crippen LogP contribution < -0.4 is 5.32 Å². The average Bonchev–Trinajstić information content (AvgIpc) is 3.15. The van der Waals surface area contributed by atoms with Gasteiger partial charge in [0, 0.05) is 24.3 Å². The Hall–Kier alpha value is -2.76. The molecule has 3 aromatic rings. The molecule has 1 saturated carbocycles. The molecule has 0 aliphatic heterocycles. The van der Waals surface area contributed by atoms with E-state index in [1.54, 1.807) is 18.3 Å². The minimum absolute atomic E-state index is 0.247. The van der Waals surface area contributed by atoms with Crippen molar-refractivity contribution < 1.29 is 4.39 Å². The summed E-state index contributed by atoms with van der Waals surface area (Å²) >= 11 is 0. The van der Waals surface area contributed by atoms with Gasteiger partial charge in [-0.15, -0.1) is 0 Å². The lowest BCUT2D eigenvalue weighted by molar-refractivity contribution is 0.355. The zero-order valence-electron chi connectivity index (χ0n) is 15.5. The monoisotopic (exact) mass is 365 g/mol. The van der Waals surface area contributed by atoms with Crippen LogP contribution in [0.1, 0.15) is 45.1 Å². The van der Waals surface area contributed by atoms with Crippen molar-refractivity contribution in [2.45, 2.75) is 45.1 Å². The third kappa shape index (κ3) is 3.70. The quantitative estimate of drug-likeness (QED) is 0.685. The van der Waals surface area contributed by atoms with Gasteiger partial charge in [-0.2, -0.15) is 0 Å². The predicted octanol–water partition coefficient (Wildman–Crippen LogP) is 5.08. The van der Waals surface area contributed by atoms with Crippen LogP contribution in [0.15, 0.2) is 42.9 Å². The molecule has 2 heterocycles. The Bertz CT molecular complexity index is 897. The lowest BCUT2D eigenvalue weighted by atomic mass is 9.95. The van der Waals surface area contributed by atoms with Gasteiger partial charge in [-0.1, -0.05) is 19.3 Å². The van der Waals surface area contributed by atoms with Gasteiger partial charge in [0.25, 0.3) is 0 Å². The summed E-state index contributed by atoms with van der Waals surface area (Å²) in [6.45, 7) is 2.78. The van der Waals surface area contributed by atoms with Crippen LogP contribution >= 0.6 is 0 Å². The molecule has 2 aromatic heterocycles. The largest absolute Gasteiger partial charge is 0.354 e. The van der Waals surface area contributed by atoms with E-state index in [1.165, 1.54) is 31.4 Å². The minimum Gasteiger partial charge on any atom is -0.354 e. The number of halogens is 1. The van der Waals surface area contributed by atoms with Gasteiger partial charge in [-0.3, -0.25) is 0 Å². The Labute approximate surface area is 158 Å². The molecule has 0 amide bonds. The lowest BCUT2D eigenvalue weighted by Gasteiger charge is -2.25. The van der Waals surface area contributed by atoms with Crippen LogP contribution in [0.4, 0.5) is 10.3 Å². The van der Waals surface area contributed by atoms with E-state index in [4.69, 9.17) is 9.97 Å². The number of aromatic nitrogens is 4. The highest BCUT2D eigenvalue weighted by molar-refractivity contribution is 5.77. The lowest BCUT2D eigenvalue weighted by Crippen LogP contribution is -2.13. The van der Waals surface area contributed by atoms with Crippen molar-refractivity contribution in [3.8, 4) is 22.6 Å². The van der Waals surface area contributed by atoms with Gasteiger partial charge in [-0.25, -0.2) is 19.3 Å². The topological polar surface area (TPSA) is 55.6 Å². The molecule has 0 unspecified atom stereocenters. The molecule has 1 aromatic carbocycles. The second-order valence-electron chi connectivity index (χ2n) is 6.94. The number of hydrogen-bond donors (Lipinski definition) is 1. The molecule has 140 valence electrons. The summed E-state index contributed by atoms with van der Waals surface area (Å²) in [6.07, 6.45) is 9.76. The fourth-order valence-corrected chi connectivity index (χ4v) is 3.80. The Morgan fingerprint density at radius 1 is 1.07 bits per heavy atom. The molecule has 1 aliphatic carbocycles. The summed E-state index contributed by atoms with van der Waals surface area (Å²) < 4.78 is 15.7. The highest BCUT2D eigenvalue weighted by atomic mass is 19.1. The van der Waals surface area contributed by atoms with Crippen LogP contribution in [0, 0.1) is 5.82 Å². The van der Waals surface area contributed by atoms with Crippen molar-refractivity contribution in [1.82, 2.24) is 19.5 Å². The van der Waals surface area contributed by atoms with Crippen molar-refractivity contribution in [2.75, 3.05) is 11.9 Å². The highest BCUT2D eigenvalue weighted by Gasteiger charge is 2.23. The smallest absolute Gasteiger partial charge is 0.223 e. The van der Waals surface area contributed by atoms with E-state index in [2.05, 4.69) is 14.9 Å². The molecule has 1 aliphatic rings. The van der Waals surface area contributed by atoms with E-state index in [1.807, 2.05) is 19.3 Å². The van der Waals surface area contributed by atoms with E-state index >= 15 is 0 Å². The summed E-state index contributed by atoms with van der Waals surface area (Å²) in [4.78, 5) is 13.7. The molecule has 0 atom stereocenters. The van der Waals surface area contributed by atoms with Gasteiger partial charge in [0.15, 0.2) is 0 Å². The van der Waals surface area contributed by atoms with Gasteiger partial charge in [0.05, 0.1) is 23.4 Å². The molecule has 6 heteroatoms. The molecule has 5 nitrogen and oxygen atoms in total. The number of nitrogens with zero attached hydrogens (tertiary/aromatic N) is 4. The van der Waals surface area contributed by atoms with E-state index in [0.29, 0.717) is 12.0 Å². The first-order valence-corrected chi connectivity index (χ1v) is 9.66. The maximum atomic E-state index is 13.4. The first kappa shape index (κ1) is 17.6. The van der Waals surface area contributed by atoms with Crippen molar-refractivity contribution in [3.05, 3.63) is 48.7 Å². The SMILES string of the molecule is CCNc1nccc(-c2c(-c3ccc(F)cc3)ncn2C2CCCCC2)n1. The van der Waals surface area contributed by atoms with E-state index in [0.717, 1.165) is 42.0 Å². The molecule has 0 radical (unpaired) electrons. The van der Waals surface area contributed by atoms with Crippen LogP contribution in [-0.2, 0) is 0 Å². The predicted molar refractivity (Wildman–Crippen MR) is 105 cm³/mol. The van der Waals surface area contributed by atoms with Crippen LogP contribution in [0.2, 0.25) is 0 Å². The maximum absolute atomic E-state index is 13.4.